The van der Waals surface area contributed by atoms with E-state index in [0.717, 1.165) is 62.4 Å². The van der Waals surface area contributed by atoms with E-state index in [-0.39, 0.29) is 24.0 Å². The third kappa shape index (κ3) is 5.23. The predicted molar refractivity (Wildman–Crippen MR) is 162 cm³/mol. The van der Waals surface area contributed by atoms with Gasteiger partial charge in [-0.1, -0.05) is 42.4 Å². The summed E-state index contributed by atoms with van der Waals surface area (Å²) in [5, 5.41) is 21.6. The molecule has 8 rings (SSSR count). The number of hydrogen-bond acceptors (Lipinski definition) is 10. The third-order valence-corrected chi connectivity index (χ3v) is 9.05. The first kappa shape index (κ1) is 27.5. The number of hydrogen-bond donors (Lipinski definition) is 3. The van der Waals surface area contributed by atoms with Crippen molar-refractivity contribution in [2.45, 2.75) is 50.6 Å². The number of aliphatic hydroxyl groups is 1. The lowest BCUT2D eigenvalue weighted by Gasteiger charge is -2.46. The number of anilines is 3. The lowest BCUT2D eigenvalue weighted by Crippen LogP contribution is -2.51. The van der Waals surface area contributed by atoms with Gasteiger partial charge in [0, 0.05) is 24.2 Å². The Hall–Kier alpha value is -4.35. The number of aromatic nitrogens is 4. The molecule has 0 radical (unpaired) electrons. The topological polar surface area (TPSA) is 133 Å². The maximum atomic E-state index is 12.7. The average molecular weight is 581 g/mol. The Morgan fingerprint density at radius 3 is 2.56 bits per heavy atom. The molecular formula is C32H36N8O3. The zero-order valence-electron chi connectivity index (χ0n) is 24.3. The van der Waals surface area contributed by atoms with Crippen molar-refractivity contribution >= 4 is 23.2 Å². The quantitative estimate of drug-likeness (QED) is 0.246. The number of rotatable bonds is 10. The molecule has 2 bridgehead atoms. The van der Waals surface area contributed by atoms with E-state index in [1.807, 2.05) is 47.4 Å². The molecule has 0 spiro atoms. The van der Waals surface area contributed by atoms with Crippen molar-refractivity contribution < 1.29 is 14.4 Å². The zero-order chi connectivity index (χ0) is 29.4. The van der Waals surface area contributed by atoms with Gasteiger partial charge in [-0.25, -0.2) is 9.97 Å². The van der Waals surface area contributed by atoms with Crippen molar-refractivity contribution in [2.75, 3.05) is 43.4 Å². The molecule has 3 aromatic heterocycles. The fourth-order valence-corrected chi connectivity index (χ4v) is 6.52. The van der Waals surface area contributed by atoms with Crippen LogP contribution in [0.5, 0.6) is 0 Å². The van der Waals surface area contributed by atoms with Gasteiger partial charge in [0.2, 0.25) is 0 Å². The molecule has 1 amide bonds. The summed E-state index contributed by atoms with van der Waals surface area (Å²) in [6.07, 6.45) is 5.72. The molecule has 0 aliphatic carbocycles. The van der Waals surface area contributed by atoms with Gasteiger partial charge in [-0.2, -0.15) is 4.98 Å². The molecule has 4 aromatic rings. The molecular weight excluding hydrogens is 544 g/mol. The highest BCUT2D eigenvalue weighted by atomic mass is 16.5. The van der Waals surface area contributed by atoms with Crippen molar-refractivity contribution in [3.63, 3.8) is 0 Å². The highest BCUT2D eigenvalue weighted by Gasteiger charge is 2.44. The van der Waals surface area contributed by atoms with E-state index in [4.69, 9.17) is 14.5 Å². The average Bonchev–Trinajstić information content (AvgIpc) is 3.67. The fourth-order valence-electron chi connectivity index (χ4n) is 6.52. The summed E-state index contributed by atoms with van der Waals surface area (Å²) >= 11 is 0. The summed E-state index contributed by atoms with van der Waals surface area (Å²) in [6.45, 7) is 6.35. The second-order valence-electron chi connectivity index (χ2n) is 11.7. The van der Waals surface area contributed by atoms with Gasteiger partial charge in [0.1, 0.15) is 11.6 Å². The summed E-state index contributed by atoms with van der Waals surface area (Å²) in [6, 6.07) is 14.9. The molecule has 3 N–H and O–H groups in total. The van der Waals surface area contributed by atoms with Crippen LogP contribution in [0.4, 0.5) is 17.3 Å². The number of carbonyl (C=O) groups is 1. The minimum absolute atomic E-state index is 0.0260. The van der Waals surface area contributed by atoms with Gasteiger partial charge < -0.3 is 30.1 Å². The Labute approximate surface area is 250 Å². The highest BCUT2D eigenvalue weighted by Crippen LogP contribution is 2.42. The highest BCUT2D eigenvalue weighted by molar-refractivity contribution is 5.98. The van der Waals surface area contributed by atoms with Gasteiger partial charge in [0.25, 0.3) is 11.8 Å². The molecule has 3 fully saturated rings. The molecule has 7 heterocycles. The Morgan fingerprint density at radius 2 is 1.81 bits per heavy atom. The van der Waals surface area contributed by atoms with Crippen molar-refractivity contribution in [3.05, 3.63) is 77.4 Å². The van der Waals surface area contributed by atoms with Crippen molar-refractivity contribution in [3.8, 4) is 11.5 Å². The van der Waals surface area contributed by atoms with Crippen LogP contribution in [0.25, 0.3) is 11.5 Å². The van der Waals surface area contributed by atoms with Crippen molar-refractivity contribution in [1.82, 2.24) is 29.9 Å². The van der Waals surface area contributed by atoms with Crippen LogP contribution in [0.1, 0.15) is 66.1 Å². The standard InChI is InChI=1S/C32H36N8O3/c1-2-13-40-19-25-22(30(40)42)8-9-27(35-25)36-28-17-24(34-26(20-41)21-6-4-3-5-7-21)23(18-33-28)29-37-31(38-43-29)32-10-14-39(15-11-32)16-12-32/h3-9,17-18,26,41H,2,10-16,19-20H2,1H3,(H2,33,34,35,36). The smallest absolute Gasteiger partial charge is 0.261 e. The number of piperidine rings is 3. The summed E-state index contributed by atoms with van der Waals surface area (Å²) < 4.78 is 5.87. The van der Waals surface area contributed by atoms with Gasteiger partial charge in [-0.05, 0) is 63.0 Å². The number of fused-ring (bicyclic) bond motifs is 4. The maximum Gasteiger partial charge on any atom is 0.261 e. The lowest BCUT2D eigenvalue weighted by molar-refractivity contribution is 0.0747. The van der Waals surface area contributed by atoms with Gasteiger partial charge in [-0.3, -0.25) is 4.79 Å². The Bertz CT molecular complexity index is 1600. The van der Waals surface area contributed by atoms with Crippen molar-refractivity contribution in [2.24, 2.45) is 0 Å². The number of carbonyl (C=O) groups excluding carboxylic acids is 1. The number of benzene rings is 1. The van der Waals surface area contributed by atoms with Gasteiger partial charge in [0.15, 0.2) is 5.82 Å². The van der Waals surface area contributed by atoms with Crippen LogP contribution in [0, 0.1) is 0 Å². The minimum Gasteiger partial charge on any atom is -0.394 e. The summed E-state index contributed by atoms with van der Waals surface area (Å²) in [7, 11) is 0. The van der Waals surface area contributed by atoms with E-state index in [0.29, 0.717) is 47.4 Å². The van der Waals surface area contributed by atoms with E-state index in [9.17, 15) is 9.90 Å². The minimum atomic E-state index is -0.368. The van der Waals surface area contributed by atoms with Crippen LogP contribution in [0.3, 0.4) is 0 Å². The summed E-state index contributed by atoms with van der Waals surface area (Å²) in [5.41, 5.74) is 3.66. The van der Waals surface area contributed by atoms with Gasteiger partial charge in [0.05, 0.1) is 41.7 Å². The third-order valence-electron chi connectivity index (χ3n) is 9.05. The second kappa shape index (κ2) is 11.4. The Kier molecular flexibility index (Phi) is 7.28. The van der Waals surface area contributed by atoms with Crippen LogP contribution in [-0.4, -0.2) is 73.7 Å². The Balaban J connectivity index is 1.20. The number of nitrogens with zero attached hydrogens (tertiary/aromatic N) is 6. The molecule has 222 valence electrons. The number of nitrogens with one attached hydrogen (secondary N) is 2. The molecule has 1 aromatic carbocycles. The maximum absolute atomic E-state index is 12.7. The molecule has 43 heavy (non-hydrogen) atoms. The lowest BCUT2D eigenvalue weighted by atomic mass is 9.71. The Morgan fingerprint density at radius 1 is 1.02 bits per heavy atom. The first-order valence-corrected chi connectivity index (χ1v) is 15.1. The first-order chi connectivity index (χ1) is 21.0. The van der Waals surface area contributed by atoms with Gasteiger partial charge >= 0.3 is 0 Å². The number of aliphatic hydroxyl groups excluding tert-OH is 1. The molecule has 11 heteroatoms. The van der Waals surface area contributed by atoms with Crippen LogP contribution in [-0.2, 0) is 12.0 Å². The normalized spacial score (nSPS) is 21.6. The van der Waals surface area contributed by atoms with Crippen LogP contribution < -0.4 is 10.6 Å². The molecule has 1 unspecified atom stereocenters. The zero-order valence-corrected chi connectivity index (χ0v) is 24.3. The SMILES string of the molecule is CCCN1Cc2nc(Nc3cc(NC(CO)c4ccccc4)c(-c4nc(C56CCN(CC5)CC6)no4)cn3)ccc2C1=O. The molecule has 3 saturated heterocycles. The van der Waals surface area contributed by atoms with E-state index in [2.05, 4.69) is 32.6 Å². The molecule has 4 aliphatic heterocycles. The van der Waals surface area contributed by atoms with Gasteiger partial charge in [-0.15, -0.1) is 0 Å². The fraction of sp³-hybridized carbons (Fsp3) is 0.406. The van der Waals surface area contributed by atoms with E-state index < -0.39 is 0 Å². The van der Waals surface area contributed by atoms with Crippen molar-refractivity contribution in [1.29, 1.82) is 0 Å². The van der Waals surface area contributed by atoms with E-state index in [1.165, 1.54) is 0 Å². The summed E-state index contributed by atoms with van der Waals surface area (Å²) in [5.74, 6) is 2.34. The molecule has 1 atom stereocenters. The van der Waals surface area contributed by atoms with Crippen LogP contribution in [0.15, 0.2) is 59.3 Å². The second-order valence-corrected chi connectivity index (χ2v) is 11.7. The summed E-state index contributed by atoms with van der Waals surface area (Å²) in [4.78, 5) is 31.3. The molecule has 0 saturated carbocycles. The van der Waals surface area contributed by atoms with E-state index in [1.54, 1.807) is 12.3 Å². The number of pyridine rings is 2. The molecule has 4 aliphatic rings. The largest absolute Gasteiger partial charge is 0.394 e. The van der Waals surface area contributed by atoms with Crippen LogP contribution >= 0.6 is 0 Å². The monoisotopic (exact) mass is 580 g/mol. The van der Waals surface area contributed by atoms with Crippen LogP contribution in [0.2, 0.25) is 0 Å². The first-order valence-electron chi connectivity index (χ1n) is 15.1. The molecule has 11 nitrogen and oxygen atoms in total. The number of amides is 1. The van der Waals surface area contributed by atoms with E-state index >= 15 is 0 Å². The predicted octanol–water partition coefficient (Wildman–Crippen LogP) is 4.52.